The highest BCUT2D eigenvalue weighted by Crippen LogP contribution is 2.34. The number of imidazole rings is 1. The number of aromatic nitrogens is 5. The smallest absolute Gasteiger partial charge is 0.407 e. The highest BCUT2D eigenvalue weighted by Gasteiger charge is 2.37. The summed E-state index contributed by atoms with van der Waals surface area (Å²) in [5, 5.41) is 6.96. The van der Waals surface area contributed by atoms with Crippen LogP contribution >= 0.6 is 0 Å². The number of anilines is 2. The zero-order chi connectivity index (χ0) is 29.9. The molecule has 220 valence electrons. The molecule has 0 saturated carbocycles. The summed E-state index contributed by atoms with van der Waals surface area (Å²) in [7, 11) is 1.29. The van der Waals surface area contributed by atoms with Crippen LogP contribution in [-0.4, -0.2) is 61.5 Å². The summed E-state index contributed by atoms with van der Waals surface area (Å²) in [5.74, 6) is 1.25. The van der Waals surface area contributed by atoms with Crippen LogP contribution in [0.25, 0.3) is 33.5 Å². The Labute approximate surface area is 249 Å². The van der Waals surface area contributed by atoms with Crippen molar-refractivity contribution in [2.75, 3.05) is 19.0 Å². The first-order chi connectivity index (χ1) is 20.9. The molecule has 0 spiro atoms. The van der Waals surface area contributed by atoms with Crippen LogP contribution in [0.1, 0.15) is 38.6 Å². The lowest BCUT2D eigenvalue weighted by Gasteiger charge is -2.30. The Morgan fingerprint density at radius 1 is 0.977 bits per heavy atom. The van der Waals surface area contributed by atoms with Gasteiger partial charge in [-0.25, -0.2) is 19.7 Å². The van der Waals surface area contributed by atoms with Gasteiger partial charge >= 0.3 is 6.09 Å². The summed E-state index contributed by atoms with van der Waals surface area (Å²) in [6.07, 6.45) is 4.39. The van der Waals surface area contributed by atoms with Crippen molar-refractivity contribution < 1.29 is 14.3 Å². The maximum Gasteiger partial charge on any atom is 0.407 e. The Balaban J connectivity index is 1.19. The lowest BCUT2D eigenvalue weighted by Crippen LogP contribution is -2.51. The Hall–Kier alpha value is -5.19. The van der Waals surface area contributed by atoms with Gasteiger partial charge in [0.1, 0.15) is 29.7 Å². The number of hydrogen-bond acceptors (Lipinski definition) is 7. The van der Waals surface area contributed by atoms with Crippen molar-refractivity contribution in [1.29, 1.82) is 0 Å². The quantitative estimate of drug-likeness (QED) is 0.182. The largest absolute Gasteiger partial charge is 0.453 e. The number of carbonyl (C=O) groups excluding carboxylic acids is 2. The summed E-state index contributed by atoms with van der Waals surface area (Å²) in [6.45, 7) is 4.42. The molecule has 2 aromatic carbocycles. The van der Waals surface area contributed by atoms with Crippen molar-refractivity contribution >= 4 is 34.5 Å². The minimum atomic E-state index is -0.671. The van der Waals surface area contributed by atoms with E-state index >= 15 is 0 Å². The number of aromatic amines is 2. The Morgan fingerprint density at radius 3 is 2.44 bits per heavy atom. The Morgan fingerprint density at radius 2 is 1.72 bits per heavy atom. The summed E-state index contributed by atoms with van der Waals surface area (Å²) >= 11 is 0. The molecule has 4 N–H and O–H groups in total. The second-order valence-corrected chi connectivity index (χ2v) is 11.0. The molecule has 0 aliphatic carbocycles. The van der Waals surface area contributed by atoms with Gasteiger partial charge in [0.15, 0.2) is 0 Å². The topological polar surface area (TPSA) is 141 Å². The molecule has 0 radical (unpaired) electrons. The van der Waals surface area contributed by atoms with E-state index in [-0.39, 0.29) is 17.9 Å². The fourth-order valence-corrected chi connectivity index (χ4v) is 5.53. The van der Waals surface area contributed by atoms with Gasteiger partial charge in [-0.1, -0.05) is 56.3 Å². The second kappa shape index (κ2) is 12.0. The molecule has 0 bridgehead atoms. The molecule has 1 saturated heterocycles. The number of carbonyl (C=O) groups is 2. The summed E-state index contributed by atoms with van der Waals surface area (Å²) < 4.78 is 4.74. The predicted molar refractivity (Wildman–Crippen MR) is 164 cm³/mol. The van der Waals surface area contributed by atoms with Crippen LogP contribution in [0.5, 0.6) is 0 Å². The van der Waals surface area contributed by atoms with E-state index in [0.717, 1.165) is 63.7 Å². The highest BCUT2D eigenvalue weighted by atomic mass is 16.5. The molecule has 1 aliphatic rings. The number of ether oxygens (including phenoxy) is 1. The average Bonchev–Trinajstić information content (AvgIpc) is 3.80. The van der Waals surface area contributed by atoms with Crippen molar-refractivity contribution in [2.45, 2.75) is 38.8 Å². The number of nitrogens with zero attached hydrogens (tertiary/aromatic N) is 4. The number of H-pyrrole nitrogens is 2. The SMILES string of the molecule is COC(=O)N[C@H](C(=O)N1CCCC1c1ncc(-c2ccc(-c3cc4c(Nc5ccccc5)ncnc4[nH]3)cc2)[nH]1)C(C)C. The molecule has 11 nitrogen and oxygen atoms in total. The molecule has 43 heavy (non-hydrogen) atoms. The second-order valence-electron chi connectivity index (χ2n) is 11.0. The third-order valence-corrected chi connectivity index (χ3v) is 7.81. The maximum atomic E-state index is 13.4. The third kappa shape index (κ3) is 5.78. The molecule has 2 amide bonds. The molecule has 2 atom stereocenters. The molecule has 6 rings (SSSR count). The van der Waals surface area contributed by atoms with Crippen molar-refractivity contribution in [1.82, 2.24) is 35.1 Å². The first-order valence-electron chi connectivity index (χ1n) is 14.4. The number of nitrogens with one attached hydrogen (secondary N) is 4. The molecular formula is C32H34N8O3. The Bertz CT molecular complexity index is 1730. The van der Waals surface area contributed by atoms with E-state index in [4.69, 9.17) is 4.74 Å². The number of para-hydroxylation sites is 1. The fourth-order valence-electron chi connectivity index (χ4n) is 5.53. The van der Waals surface area contributed by atoms with Gasteiger partial charge in [0.05, 0.1) is 30.4 Å². The normalized spacial score (nSPS) is 15.5. The third-order valence-electron chi connectivity index (χ3n) is 7.81. The number of benzene rings is 2. The Kier molecular flexibility index (Phi) is 7.78. The first-order valence-corrected chi connectivity index (χ1v) is 14.4. The van der Waals surface area contributed by atoms with E-state index in [1.807, 2.05) is 61.2 Å². The number of fused-ring (bicyclic) bond motifs is 1. The van der Waals surface area contributed by atoms with E-state index in [1.165, 1.54) is 7.11 Å². The van der Waals surface area contributed by atoms with E-state index in [2.05, 4.69) is 53.8 Å². The minimum absolute atomic E-state index is 0.0884. The molecular weight excluding hydrogens is 544 g/mol. The van der Waals surface area contributed by atoms with Crippen LogP contribution in [0, 0.1) is 5.92 Å². The monoisotopic (exact) mass is 578 g/mol. The minimum Gasteiger partial charge on any atom is -0.453 e. The number of amides is 2. The van der Waals surface area contributed by atoms with Crippen molar-refractivity contribution in [3.8, 4) is 22.5 Å². The van der Waals surface area contributed by atoms with Crippen LogP contribution < -0.4 is 10.6 Å². The summed E-state index contributed by atoms with van der Waals surface area (Å²) in [6, 6.07) is 19.3. The number of likely N-dealkylation sites (tertiary alicyclic amines) is 1. The van der Waals surface area contributed by atoms with Crippen LogP contribution in [0.2, 0.25) is 0 Å². The molecule has 5 aromatic rings. The zero-order valence-electron chi connectivity index (χ0n) is 24.3. The van der Waals surface area contributed by atoms with Gasteiger partial charge in [-0.15, -0.1) is 0 Å². The van der Waals surface area contributed by atoms with Gasteiger partial charge in [0.25, 0.3) is 0 Å². The van der Waals surface area contributed by atoms with Crippen molar-refractivity contribution in [3.05, 3.63) is 79.0 Å². The lowest BCUT2D eigenvalue weighted by atomic mass is 10.0. The van der Waals surface area contributed by atoms with Crippen LogP contribution in [0.4, 0.5) is 16.3 Å². The van der Waals surface area contributed by atoms with Gasteiger partial charge < -0.3 is 30.2 Å². The molecule has 4 heterocycles. The standard InChI is InChI=1S/C32H34N8O3/c1-19(2)27(39-32(42)43-3)31(41)40-15-7-10-26(40)30-33-17-25(38-30)21-13-11-20(12-14-21)24-16-23-28(34-18-35-29(23)37-24)36-22-8-5-4-6-9-22/h4-6,8-9,11-14,16-19,26-27H,7,10,15H2,1-3H3,(H,33,38)(H,39,42)(H2,34,35,36,37)/t26?,27-/m0/s1. The van der Waals surface area contributed by atoms with Gasteiger partial charge in [0, 0.05) is 17.9 Å². The van der Waals surface area contributed by atoms with Crippen molar-refractivity contribution in [3.63, 3.8) is 0 Å². The number of methoxy groups -OCH3 is 1. The zero-order valence-corrected chi connectivity index (χ0v) is 24.3. The number of hydrogen-bond donors (Lipinski definition) is 4. The first kappa shape index (κ1) is 28.0. The van der Waals surface area contributed by atoms with Gasteiger partial charge in [-0.05, 0) is 48.1 Å². The van der Waals surface area contributed by atoms with E-state index in [9.17, 15) is 9.59 Å². The van der Waals surface area contributed by atoms with Gasteiger partial charge in [-0.2, -0.15) is 0 Å². The van der Waals surface area contributed by atoms with E-state index in [0.29, 0.717) is 6.54 Å². The number of alkyl carbamates (subject to hydrolysis) is 1. The maximum absolute atomic E-state index is 13.4. The number of rotatable bonds is 8. The van der Waals surface area contributed by atoms with E-state index < -0.39 is 12.1 Å². The lowest BCUT2D eigenvalue weighted by molar-refractivity contribution is -0.135. The van der Waals surface area contributed by atoms with Gasteiger partial charge in [-0.3, -0.25) is 4.79 Å². The predicted octanol–water partition coefficient (Wildman–Crippen LogP) is 5.80. The molecule has 1 unspecified atom stereocenters. The highest BCUT2D eigenvalue weighted by molar-refractivity contribution is 5.93. The molecule has 1 fully saturated rings. The molecule has 3 aromatic heterocycles. The summed E-state index contributed by atoms with van der Waals surface area (Å²) in [5.41, 5.74) is 5.50. The average molecular weight is 579 g/mol. The van der Waals surface area contributed by atoms with Crippen LogP contribution in [0.3, 0.4) is 0 Å². The van der Waals surface area contributed by atoms with Crippen LogP contribution in [-0.2, 0) is 9.53 Å². The van der Waals surface area contributed by atoms with Crippen molar-refractivity contribution in [2.24, 2.45) is 5.92 Å². The van der Waals surface area contributed by atoms with Gasteiger partial charge in [0.2, 0.25) is 5.91 Å². The fraction of sp³-hybridized carbons (Fsp3) is 0.281. The molecule has 11 heteroatoms. The van der Waals surface area contributed by atoms with Crippen LogP contribution in [0.15, 0.2) is 73.2 Å². The molecule has 1 aliphatic heterocycles. The summed E-state index contributed by atoms with van der Waals surface area (Å²) in [4.78, 5) is 47.5. The van der Waals surface area contributed by atoms with E-state index in [1.54, 1.807) is 12.5 Å².